The first-order chi connectivity index (χ1) is 13.2. The molecule has 0 saturated carbocycles. The van der Waals surface area contributed by atoms with Gasteiger partial charge in [-0.1, -0.05) is 26.7 Å². The molecule has 0 unspecified atom stereocenters. The zero-order chi connectivity index (χ0) is 19.9. The summed E-state index contributed by atoms with van der Waals surface area (Å²) in [6.07, 6.45) is 4.31. The molecule has 0 atom stereocenters. The second kappa shape index (κ2) is 14.3. The average molecular weight is 386 g/mol. The number of nitrogens with one attached hydrogen (secondary N) is 2. The molecule has 0 amide bonds. The van der Waals surface area contributed by atoms with Gasteiger partial charge in [-0.3, -0.25) is 5.43 Å². The summed E-state index contributed by atoms with van der Waals surface area (Å²) in [5, 5.41) is 32.7. The molecule has 1 heterocycles. The highest BCUT2D eigenvalue weighted by Crippen LogP contribution is 2.14. The molecule has 27 heavy (non-hydrogen) atoms. The molecule has 0 radical (unpaired) electrons. The van der Waals surface area contributed by atoms with E-state index in [2.05, 4.69) is 44.6 Å². The van der Waals surface area contributed by atoms with Crippen LogP contribution in [0.4, 0.5) is 17.8 Å². The van der Waals surface area contributed by atoms with Crippen LogP contribution in [-0.2, 0) is 0 Å². The first kappa shape index (κ1) is 23.3. The third-order valence-electron chi connectivity index (χ3n) is 3.86. The Morgan fingerprint density at radius 2 is 1.37 bits per heavy atom. The molecule has 0 aliphatic rings. The first-order valence-electron chi connectivity index (χ1n) is 9.77. The van der Waals surface area contributed by atoms with Crippen LogP contribution in [0.2, 0.25) is 0 Å². The quantitative estimate of drug-likeness (QED) is 0.253. The summed E-state index contributed by atoms with van der Waals surface area (Å²) in [4.78, 5) is 14.9. The predicted molar refractivity (Wildman–Crippen MR) is 107 cm³/mol. The van der Waals surface area contributed by atoms with E-state index in [1.165, 1.54) is 0 Å². The van der Waals surface area contributed by atoms with Gasteiger partial charge in [-0.05, 0) is 12.8 Å². The molecule has 0 fully saturated rings. The Balaban J connectivity index is 3.04. The van der Waals surface area contributed by atoms with E-state index in [1.54, 1.807) is 4.90 Å². The van der Waals surface area contributed by atoms with Gasteiger partial charge in [0.2, 0.25) is 17.8 Å². The maximum Gasteiger partial charge on any atom is 0.244 e. The number of nitrogens with zero attached hydrogens (tertiary/aromatic N) is 5. The zero-order valence-electron chi connectivity index (χ0n) is 16.6. The van der Waals surface area contributed by atoms with Crippen molar-refractivity contribution in [2.75, 3.05) is 68.2 Å². The van der Waals surface area contributed by atoms with Crippen molar-refractivity contribution in [2.24, 2.45) is 0 Å². The molecule has 10 heteroatoms. The lowest BCUT2D eigenvalue weighted by molar-refractivity contribution is 0.280. The lowest BCUT2D eigenvalue weighted by Crippen LogP contribution is -2.35. The van der Waals surface area contributed by atoms with E-state index >= 15 is 0 Å². The van der Waals surface area contributed by atoms with E-state index in [1.807, 2.05) is 0 Å². The molecule has 1 rings (SSSR count). The normalized spacial score (nSPS) is 11.0. The predicted octanol–water partition coefficient (Wildman–Crippen LogP) is 0.296. The van der Waals surface area contributed by atoms with Gasteiger partial charge in [-0.2, -0.15) is 15.0 Å². The molecule has 5 N–H and O–H groups in total. The minimum Gasteiger partial charge on any atom is -0.395 e. The molecule has 0 aliphatic carbocycles. The van der Waals surface area contributed by atoms with Gasteiger partial charge >= 0.3 is 0 Å². The molecule has 0 bridgehead atoms. The fraction of sp³-hybridized carbons (Fsp3) is 0.824. The van der Waals surface area contributed by atoms with Crippen LogP contribution in [-0.4, -0.2) is 87.8 Å². The Kier molecular flexibility index (Phi) is 12.4. The molecular formula is C17H35N7O3. The van der Waals surface area contributed by atoms with E-state index in [0.717, 1.165) is 38.8 Å². The van der Waals surface area contributed by atoms with Gasteiger partial charge < -0.3 is 25.5 Å². The molecule has 1 aromatic heterocycles. The molecule has 156 valence electrons. The van der Waals surface area contributed by atoms with Gasteiger partial charge in [-0.25, -0.2) is 5.01 Å². The van der Waals surface area contributed by atoms with Crippen molar-refractivity contribution in [1.82, 2.24) is 20.0 Å². The highest BCUT2D eigenvalue weighted by Gasteiger charge is 2.15. The fourth-order valence-corrected chi connectivity index (χ4v) is 2.42. The minimum atomic E-state index is -0.0764. The summed E-state index contributed by atoms with van der Waals surface area (Å²) in [7, 11) is 0. The number of hydrogen-bond donors (Lipinski definition) is 5. The van der Waals surface area contributed by atoms with Crippen molar-refractivity contribution in [3.05, 3.63) is 0 Å². The summed E-state index contributed by atoms with van der Waals surface area (Å²) in [6.45, 7) is 6.80. The first-order valence-corrected chi connectivity index (χ1v) is 9.77. The summed E-state index contributed by atoms with van der Waals surface area (Å²) < 4.78 is 0. The Bertz CT molecular complexity index is 493. The van der Waals surface area contributed by atoms with E-state index in [9.17, 15) is 10.2 Å². The van der Waals surface area contributed by atoms with Crippen LogP contribution in [0.15, 0.2) is 0 Å². The SMILES string of the molecule is CCCCN(CCCC)Nc1nc(NCCO)nc(N(CCO)CCO)n1. The van der Waals surface area contributed by atoms with Crippen LogP contribution in [0.1, 0.15) is 39.5 Å². The fourth-order valence-electron chi connectivity index (χ4n) is 2.42. The van der Waals surface area contributed by atoms with Crippen molar-refractivity contribution in [3.8, 4) is 0 Å². The van der Waals surface area contributed by atoms with E-state index in [-0.39, 0.29) is 19.8 Å². The van der Waals surface area contributed by atoms with Crippen LogP contribution in [0.3, 0.4) is 0 Å². The number of anilines is 3. The second-order valence-electron chi connectivity index (χ2n) is 6.17. The number of rotatable bonds is 16. The van der Waals surface area contributed by atoms with Gasteiger partial charge in [0, 0.05) is 32.7 Å². The molecule has 1 aromatic rings. The van der Waals surface area contributed by atoms with Gasteiger partial charge in [0.25, 0.3) is 0 Å². The number of unbranched alkanes of at least 4 members (excludes halogenated alkanes) is 2. The molecule has 0 aliphatic heterocycles. The molecule has 0 saturated heterocycles. The van der Waals surface area contributed by atoms with Gasteiger partial charge in [-0.15, -0.1) is 0 Å². The summed E-state index contributed by atoms with van der Waals surface area (Å²) in [5.74, 6) is 1.10. The molecule has 0 spiro atoms. The largest absolute Gasteiger partial charge is 0.395 e. The summed E-state index contributed by atoms with van der Waals surface area (Å²) >= 11 is 0. The van der Waals surface area contributed by atoms with Gasteiger partial charge in [0.05, 0.1) is 19.8 Å². The lowest BCUT2D eigenvalue weighted by atomic mass is 10.3. The minimum absolute atomic E-state index is 0.0418. The van der Waals surface area contributed by atoms with Crippen molar-refractivity contribution in [1.29, 1.82) is 0 Å². The van der Waals surface area contributed by atoms with Crippen LogP contribution >= 0.6 is 0 Å². The highest BCUT2D eigenvalue weighted by atomic mass is 16.3. The number of hydrogen-bond acceptors (Lipinski definition) is 10. The van der Waals surface area contributed by atoms with Crippen molar-refractivity contribution in [2.45, 2.75) is 39.5 Å². The topological polar surface area (TPSA) is 130 Å². The summed E-state index contributed by atoms with van der Waals surface area (Å²) in [6, 6.07) is 0. The third-order valence-corrected chi connectivity index (χ3v) is 3.86. The van der Waals surface area contributed by atoms with Crippen LogP contribution in [0.25, 0.3) is 0 Å². The molecule has 0 aromatic carbocycles. The molecular weight excluding hydrogens is 350 g/mol. The number of hydrazine groups is 1. The lowest BCUT2D eigenvalue weighted by Gasteiger charge is -2.25. The Morgan fingerprint density at radius 1 is 0.778 bits per heavy atom. The van der Waals surface area contributed by atoms with Gasteiger partial charge in [0.15, 0.2) is 0 Å². The summed E-state index contributed by atoms with van der Waals surface area (Å²) in [5.41, 5.74) is 3.26. The Labute approximate surface area is 161 Å². The Hall–Kier alpha value is -1.75. The maximum atomic E-state index is 9.28. The standard InChI is InChI=1S/C17H35N7O3/c1-3-5-8-24(9-6-4-2)22-16-19-15(18-7-12-25)20-17(21-16)23(10-13-26)11-14-27/h25-27H,3-14H2,1-2H3,(H2,18,19,20,21,22). The zero-order valence-corrected chi connectivity index (χ0v) is 16.6. The Morgan fingerprint density at radius 3 is 1.89 bits per heavy atom. The average Bonchev–Trinajstić information content (AvgIpc) is 2.68. The van der Waals surface area contributed by atoms with Crippen LogP contribution < -0.4 is 15.6 Å². The monoisotopic (exact) mass is 385 g/mol. The van der Waals surface area contributed by atoms with E-state index < -0.39 is 0 Å². The van der Waals surface area contributed by atoms with Crippen molar-refractivity contribution < 1.29 is 15.3 Å². The second-order valence-corrected chi connectivity index (χ2v) is 6.17. The smallest absolute Gasteiger partial charge is 0.244 e. The van der Waals surface area contributed by atoms with Crippen molar-refractivity contribution in [3.63, 3.8) is 0 Å². The van der Waals surface area contributed by atoms with Gasteiger partial charge in [0.1, 0.15) is 0 Å². The van der Waals surface area contributed by atoms with Crippen LogP contribution in [0.5, 0.6) is 0 Å². The van der Waals surface area contributed by atoms with E-state index in [0.29, 0.717) is 37.5 Å². The maximum absolute atomic E-state index is 9.28. The highest BCUT2D eigenvalue weighted by molar-refractivity contribution is 5.43. The third kappa shape index (κ3) is 9.14. The number of aliphatic hydroxyl groups is 3. The number of aliphatic hydroxyl groups excluding tert-OH is 3. The van der Waals surface area contributed by atoms with E-state index in [4.69, 9.17) is 5.11 Å². The molecule has 10 nitrogen and oxygen atoms in total. The van der Waals surface area contributed by atoms with Crippen molar-refractivity contribution >= 4 is 17.8 Å². The van der Waals surface area contributed by atoms with Crippen LogP contribution in [0, 0.1) is 0 Å². The number of aromatic nitrogens is 3.